The van der Waals surface area contributed by atoms with E-state index in [0.29, 0.717) is 18.1 Å². The molecule has 2 amide bonds. The standard InChI is InChI=1S/C17H27N5O2/c1-21(2)10-5-9-18-16(23)14-13-6-3-4-11-22(13)15(20-14)17(24)19-12-7-8-12/h12H,3-11H2,1-2H3,(H,18,23)(H,19,24). The average Bonchev–Trinajstić information content (AvgIpc) is 3.28. The Morgan fingerprint density at radius 1 is 1.25 bits per heavy atom. The van der Waals surface area contributed by atoms with Crippen LogP contribution in [0.4, 0.5) is 0 Å². The Morgan fingerprint density at radius 3 is 2.75 bits per heavy atom. The van der Waals surface area contributed by atoms with Gasteiger partial charge in [-0.1, -0.05) is 0 Å². The van der Waals surface area contributed by atoms with Crippen LogP contribution < -0.4 is 10.6 Å². The van der Waals surface area contributed by atoms with Crippen LogP contribution in [0.15, 0.2) is 0 Å². The van der Waals surface area contributed by atoms with Crippen molar-refractivity contribution in [3.05, 3.63) is 17.2 Å². The lowest BCUT2D eigenvalue weighted by Gasteiger charge is -2.17. The Bertz CT molecular complexity index is 619. The molecule has 0 atom stereocenters. The van der Waals surface area contributed by atoms with Gasteiger partial charge in [0.2, 0.25) is 0 Å². The van der Waals surface area contributed by atoms with Crippen LogP contribution in [0, 0.1) is 0 Å². The lowest BCUT2D eigenvalue weighted by Crippen LogP contribution is -2.29. The van der Waals surface area contributed by atoms with Gasteiger partial charge in [0.15, 0.2) is 5.82 Å². The molecule has 1 fully saturated rings. The van der Waals surface area contributed by atoms with Crippen molar-refractivity contribution in [1.82, 2.24) is 25.1 Å². The van der Waals surface area contributed by atoms with Crippen LogP contribution in [0.3, 0.4) is 0 Å². The molecule has 2 heterocycles. The molecular weight excluding hydrogens is 306 g/mol. The molecule has 0 radical (unpaired) electrons. The van der Waals surface area contributed by atoms with E-state index >= 15 is 0 Å². The quantitative estimate of drug-likeness (QED) is 0.723. The molecule has 3 rings (SSSR count). The van der Waals surface area contributed by atoms with Crippen LogP contribution >= 0.6 is 0 Å². The lowest BCUT2D eigenvalue weighted by atomic mass is 10.1. The Hall–Kier alpha value is -1.89. The monoisotopic (exact) mass is 333 g/mol. The van der Waals surface area contributed by atoms with Gasteiger partial charge in [0, 0.05) is 19.1 Å². The molecule has 1 aromatic rings. The van der Waals surface area contributed by atoms with Crippen LogP contribution in [-0.2, 0) is 13.0 Å². The van der Waals surface area contributed by atoms with Crippen LogP contribution in [0.1, 0.15) is 58.9 Å². The van der Waals surface area contributed by atoms with Crippen molar-refractivity contribution in [2.75, 3.05) is 27.2 Å². The minimum Gasteiger partial charge on any atom is -0.351 e. The zero-order valence-corrected chi connectivity index (χ0v) is 14.6. The maximum Gasteiger partial charge on any atom is 0.287 e. The van der Waals surface area contributed by atoms with E-state index in [4.69, 9.17) is 0 Å². The van der Waals surface area contributed by atoms with E-state index in [1.54, 1.807) is 0 Å². The first-order chi connectivity index (χ1) is 11.6. The first-order valence-corrected chi connectivity index (χ1v) is 8.89. The highest BCUT2D eigenvalue weighted by atomic mass is 16.2. The van der Waals surface area contributed by atoms with E-state index < -0.39 is 0 Å². The zero-order valence-electron chi connectivity index (χ0n) is 14.6. The summed E-state index contributed by atoms with van der Waals surface area (Å²) in [5.41, 5.74) is 1.34. The molecule has 1 aromatic heterocycles. The average molecular weight is 333 g/mol. The fraction of sp³-hybridized carbons (Fsp3) is 0.706. The predicted molar refractivity (Wildman–Crippen MR) is 91.2 cm³/mol. The summed E-state index contributed by atoms with van der Waals surface area (Å²) in [5, 5.41) is 5.91. The molecule has 24 heavy (non-hydrogen) atoms. The minimum atomic E-state index is -0.162. The molecule has 0 unspecified atom stereocenters. The number of imidazole rings is 1. The molecule has 0 aromatic carbocycles. The lowest BCUT2D eigenvalue weighted by molar-refractivity contribution is 0.0935. The third-order valence-electron chi connectivity index (χ3n) is 4.52. The highest BCUT2D eigenvalue weighted by Crippen LogP contribution is 2.23. The summed E-state index contributed by atoms with van der Waals surface area (Å²) in [6, 6.07) is 0.289. The summed E-state index contributed by atoms with van der Waals surface area (Å²) in [6.45, 7) is 2.31. The van der Waals surface area contributed by atoms with Gasteiger partial charge in [-0.25, -0.2) is 4.98 Å². The van der Waals surface area contributed by atoms with Gasteiger partial charge in [0.1, 0.15) is 5.69 Å². The number of hydrogen-bond acceptors (Lipinski definition) is 4. The maximum absolute atomic E-state index is 12.5. The van der Waals surface area contributed by atoms with Gasteiger partial charge in [-0.05, 0) is 59.2 Å². The third kappa shape index (κ3) is 3.95. The summed E-state index contributed by atoms with van der Waals surface area (Å²) < 4.78 is 1.94. The largest absolute Gasteiger partial charge is 0.351 e. The highest BCUT2D eigenvalue weighted by molar-refractivity contribution is 5.97. The second-order valence-electron chi connectivity index (χ2n) is 7.00. The van der Waals surface area contributed by atoms with Gasteiger partial charge in [0.25, 0.3) is 11.8 Å². The SMILES string of the molecule is CN(C)CCCNC(=O)c1nc(C(=O)NC2CC2)n2c1CCCC2. The van der Waals surface area contributed by atoms with Crippen molar-refractivity contribution >= 4 is 11.8 Å². The van der Waals surface area contributed by atoms with Gasteiger partial charge < -0.3 is 20.1 Å². The number of hydrogen-bond donors (Lipinski definition) is 2. The Labute approximate surface area is 142 Å². The molecular formula is C17H27N5O2. The summed E-state index contributed by atoms with van der Waals surface area (Å²) in [5.74, 6) is 0.0900. The van der Waals surface area contributed by atoms with Crippen LogP contribution in [0.5, 0.6) is 0 Å². The topological polar surface area (TPSA) is 79.3 Å². The number of nitrogens with zero attached hydrogens (tertiary/aromatic N) is 3. The molecule has 2 aliphatic rings. The van der Waals surface area contributed by atoms with Gasteiger partial charge in [-0.3, -0.25) is 9.59 Å². The van der Waals surface area contributed by atoms with Gasteiger partial charge in [0.05, 0.1) is 5.69 Å². The van der Waals surface area contributed by atoms with E-state index in [1.807, 2.05) is 18.7 Å². The number of carbonyl (C=O) groups excluding carboxylic acids is 2. The second kappa shape index (κ2) is 7.34. The molecule has 0 bridgehead atoms. The van der Waals surface area contributed by atoms with E-state index in [1.165, 1.54) is 0 Å². The number of carbonyl (C=O) groups is 2. The van der Waals surface area contributed by atoms with Gasteiger partial charge in [-0.15, -0.1) is 0 Å². The first-order valence-electron chi connectivity index (χ1n) is 8.89. The highest BCUT2D eigenvalue weighted by Gasteiger charge is 2.30. The second-order valence-corrected chi connectivity index (χ2v) is 7.00. The van der Waals surface area contributed by atoms with Crippen molar-refractivity contribution < 1.29 is 9.59 Å². The van der Waals surface area contributed by atoms with Crippen LogP contribution in [-0.4, -0.2) is 59.5 Å². The molecule has 1 saturated carbocycles. The first kappa shape index (κ1) is 17.0. The van der Waals surface area contributed by atoms with E-state index in [-0.39, 0.29) is 17.9 Å². The third-order valence-corrected chi connectivity index (χ3v) is 4.52. The van der Waals surface area contributed by atoms with Crippen LogP contribution in [0.2, 0.25) is 0 Å². The number of fused-ring (bicyclic) bond motifs is 1. The van der Waals surface area contributed by atoms with E-state index in [9.17, 15) is 9.59 Å². The van der Waals surface area contributed by atoms with E-state index in [2.05, 4.69) is 20.5 Å². The van der Waals surface area contributed by atoms with Gasteiger partial charge >= 0.3 is 0 Å². The summed E-state index contributed by atoms with van der Waals surface area (Å²) >= 11 is 0. The molecule has 1 aliphatic carbocycles. The summed E-state index contributed by atoms with van der Waals surface area (Å²) in [6.07, 6.45) is 5.85. The normalized spacial score (nSPS) is 16.8. The molecule has 132 valence electrons. The molecule has 2 N–H and O–H groups in total. The number of rotatable bonds is 7. The van der Waals surface area contributed by atoms with Crippen molar-refractivity contribution in [3.63, 3.8) is 0 Å². The van der Waals surface area contributed by atoms with Crippen molar-refractivity contribution in [1.29, 1.82) is 0 Å². The maximum atomic E-state index is 12.5. The zero-order chi connectivity index (χ0) is 17.1. The smallest absolute Gasteiger partial charge is 0.287 e. The Morgan fingerprint density at radius 2 is 2.04 bits per heavy atom. The fourth-order valence-corrected chi connectivity index (χ4v) is 3.06. The fourth-order valence-electron chi connectivity index (χ4n) is 3.06. The van der Waals surface area contributed by atoms with Crippen molar-refractivity contribution in [2.24, 2.45) is 0 Å². The van der Waals surface area contributed by atoms with E-state index in [0.717, 1.165) is 57.3 Å². The van der Waals surface area contributed by atoms with Gasteiger partial charge in [-0.2, -0.15) is 0 Å². The molecule has 0 saturated heterocycles. The Balaban J connectivity index is 1.71. The molecule has 0 spiro atoms. The number of nitrogens with one attached hydrogen (secondary N) is 2. The Kier molecular flexibility index (Phi) is 5.18. The summed E-state index contributed by atoms with van der Waals surface area (Å²) in [4.78, 5) is 31.4. The van der Waals surface area contributed by atoms with Crippen molar-refractivity contribution in [2.45, 2.75) is 51.1 Å². The number of amides is 2. The predicted octanol–water partition coefficient (Wildman–Crippen LogP) is 0.793. The van der Waals surface area contributed by atoms with Crippen LogP contribution in [0.25, 0.3) is 0 Å². The number of aromatic nitrogens is 2. The molecule has 7 heteroatoms. The summed E-state index contributed by atoms with van der Waals surface area (Å²) in [7, 11) is 4.02. The molecule has 1 aliphatic heterocycles. The molecule has 7 nitrogen and oxygen atoms in total. The minimum absolute atomic E-state index is 0.146. The van der Waals surface area contributed by atoms with Crippen molar-refractivity contribution in [3.8, 4) is 0 Å².